The van der Waals surface area contributed by atoms with Gasteiger partial charge in [0.05, 0.1) is 11.4 Å². The number of rotatable bonds is 3. The van der Waals surface area contributed by atoms with Crippen LogP contribution in [-0.4, -0.2) is 18.2 Å². The quantitative estimate of drug-likeness (QED) is 0.846. The molecule has 0 heterocycles. The fourth-order valence-corrected chi connectivity index (χ4v) is 1.79. The largest absolute Gasteiger partial charge is 0.465 e. The summed E-state index contributed by atoms with van der Waals surface area (Å²) < 4.78 is 18.8. The maximum Gasteiger partial charge on any atom is 0.411 e. The van der Waals surface area contributed by atoms with Gasteiger partial charge in [0.15, 0.2) is 0 Å². The summed E-state index contributed by atoms with van der Waals surface area (Å²) >= 11 is 0. The zero-order valence-electron chi connectivity index (χ0n) is 11.6. The molecule has 1 amide bonds. The standard InChI is InChI=1S/C15H15FN2O3/c1-9-3-4-10(16)7-14(9)21-11-5-6-12(17)13(8-11)18(2)15(19)20/h3-8H,17H2,1-2H3,(H,19,20). The highest BCUT2D eigenvalue weighted by atomic mass is 19.1. The molecule has 0 aliphatic carbocycles. The minimum Gasteiger partial charge on any atom is -0.465 e. The number of anilines is 2. The van der Waals surface area contributed by atoms with Crippen molar-refractivity contribution in [2.45, 2.75) is 6.92 Å². The molecule has 2 aromatic carbocycles. The first kappa shape index (κ1) is 14.6. The number of hydrogen-bond acceptors (Lipinski definition) is 3. The van der Waals surface area contributed by atoms with Gasteiger partial charge in [-0.3, -0.25) is 4.90 Å². The molecule has 0 saturated carbocycles. The predicted molar refractivity (Wildman–Crippen MR) is 78.5 cm³/mol. The Balaban J connectivity index is 2.35. The van der Waals surface area contributed by atoms with Gasteiger partial charge in [-0.25, -0.2) is 9.18 Å². The average molecular weight is 290 g/mol. The molecule has 0 spiro atoms. The number of nitrogens with zero attached hydrogens (tertiary/aromatic N) is 1. The van der Waals surface area contributed by atoms with Gasteiger partial charge in [-0.1, -0.05) is 6.07 Å². The number of carbonyl (C=O) groups is 1. The van der Waals surface area contributed by atoms with Crippen molar-refractivity contribution < 1.29 is 19.0 Å². The average Bonchev–Trinajstić information content (AvgIpc) is 2.44. The van der Waals surface area contributed by atoms with E-state index in [9.17, 15) is 9.18 Å². The maximum atomic E-state index is 13.2. The number of aryl methyl sites for hydroxylation is 1. The molecule has 6 heteroatoms. The summed E-state index contributed by atoms with van der Waals surface area (Å²) in [5.74, 6) is 0.332. The number of benzene rings is 2. The van der Waals surface area contributed by atoms with Crippen LogP contribution in [0.1, 0.15) is 5.56 Å². The normalized spacial score (nSPS) is 10.2. The van der Waals surface area contributed by atoms with E-state index in [-0.39, 0.29) is 0 Å². The number of amides is 1. The molecule has 110 valence electrons. The summed E-state index contributed by atoms with van der Waals surface area (Å²) in [5.41, 5.74) is 7.13. The van der Waals surface area contributed by atoms with Crippen molar-refractivity contribution in [3.63, 3.8) is 0 Å². The molecule has 0 aromatic heterocycles. The van der Waals surface area contributed by atoms with Gasteiger partial charge in [-0.2, -0.15) is 0 Å². The molecule has 0 radical (unpaired) electrons. The molecule has 2 rings (SSSR count). The summed E-state index contributed by atoms with van der Waals surface area (Å²) in [7, 11) is 1.38. The van der Waals surface area contributed by atoms with Crippen LogP contribution in [0.2, 0.25) is 0 Å². The van der Waals surface area contributed by atoms with Crippen LogP contribution in [-0.2, 0) is 0 Å². The van der Waals surface area contributed by atoms with E-state index in [2.05, 4.69) is 0 Å². The molecule has 0 saturated heterocycles. The van der Waals surface area contributed by atoms with E-state index in [4.69, 9.17) is 15.6 Å². The molecule has 3 N–H and O–H groups in total. The number of ether oxygens (including phenoxy) is 1. The van der Waals surface area contributed by atoms with Crippen LogP contribution in [0.4, 0.5) is 20.6 Å². The monoisotopic (exact) mass is 290 g/mol. The Kier molecular flexibility index (Phi) is 3.98. The van der Waals surface area contributed by atoms with Crippen molar-refractivity contribution in [2.24, 2.45) is 0 Å². The number of halogens is 1. The molecular weight excluding hydrogens is 275 g/mol. The van der Waals surface area contributed by atoms with Crippen molar-refractivity contribution in [2.75, 3.05) is 17.7 Å². The van der Waals surface area contributed by atoms with Crippen LogP contribution in [0, 0.1) is 12.7 Å². The van der Waals surface area contributed by atoms with Gasteiger partial charge in [0.25, 0.3) is 0 Å². The fourth-order valence-electron chi connectivity index (χ4n) is 1.79. The van der Waals surface area contributed by atoms with Crippen LogP contribution in [0.3, 0.4) is 0 Å². The van der Waals surface area contributed by atoms with E-state index in [0.29, 0.717) is 22.9 Å². The molecule has 0 bridgehead atoms. The summed E-state index contributed by atoms with van der Waals surface area (Å²) in [5, 5.41) is 9.00. The first-order valence-corrected chi connectivity index (χ1v) is 6.18. The Bertz CT molecular complexity index is 689. The number of carboxylic acid groups (broad SMARTS) is 1. The lowest BCUT2D eigenvalue weighted by Crippen LogP contribution is -2.24. The van der Waals surface area contributed by atoms with E-state index in [0.717, 1.165) is 10.5 Å². The molecule has 5 nitrogen and oxygen atoms in total. The second-order valence-electron chi connectivity index (χ2n) is 4.57. The lowest BCUT2D eigenvalue weighted by atomic mass is 10.2. The highest BCUT2D eigenvalue weighted by Gasteiger charge is 2.13. The summed E-state index contributed by atoms with van der Waals surface area (Å²) in [4.78, 5) is 12.0. The minimum absolute atomic E-state index is 0.300. The van der Waals surface area contributed by atoms with Crippen LogP contribution in [0.5, 0.6) is 11.5 Å². The molecule has 0 aliphatic rings. The van der Waals surface area contributed by atoms with Gasteiger partial charge in [0.2, 0.25) is 0 Å². The number of hydrogen-bond donors (Lipinski definition) is 2. The van der Waals surface area contributed by atoms with E-state index in [1.54, 1.807) is 25.1 Å². The third-order valence-corrected chi connectivity index (χ3v) is 3.03. The molecule has 0 unspecified atom stereocenters. The Labute approximate surface area is 121 Å². The third kappa shape index (κ3) is 3.22. The highest BCUT2D eigenvalue weighted by Crippen LogP contribution is 2.32. The van der Waals surface area contributed by atoms with Gasteiger partial charge >= 0.3 is 6.09 Å². The summed E-state index contributed by atoms with van der Waals surface area (Å²) in [6, 6.07) is 8.85. The lowest BCUT2D eigenvalue weighted by Gasteiger charge is -2.17. The van der Waals surface area contributed by atoms with Gasteiger partial charge in [0.1, 0.15) is 17.3 Å². The Morgan fingerprint density at radius 2 is 2.00 bits per heavy atom. The minimum atomic E-state index is -1.14. The third-order valence-electron chi connectivity index (χ3n) is 3.03. The summed E-state index contributed by atoms with van der Waals surface area (Å²) in [6.45, 7) is 1.79. The zero-order valence-corrected chi connectivity index (χ0v) is 11.6. The van der Waals surface area contributed by atoms with Crippen LogP contribution >= 0.6 is 0 Å². The fraction of sp³-hybridized carbons (Fsp3) is 0.133. The molecule has 0 fully saturated rings. The first-order valence-electron chi connectivity index (χ1n) is 6.18. The summed E-state index contributed by atoms with van der Waals surface area (Å²) in [6.07, 6.45) is -1.14. The zero-order chi connectivity index (χ0) is 15.6. The van der Waals surface area contributed by atoms with Crippen LogP contribution < -0.4 is 15.4 Å². The van der Waals surface area contributed by atoms with E-state index >= 15 is 0 Å². The van der Waals surface area contributed by atoms with E-state index < -0.39 is 11.9 Å². The van der Waals surface area contributed by atoms with Gasteiger partial charge in [-0.15, -0.1) is 0 Å². The smallest absolute Gasteiger partial charge is 0.411 e. The van der Waals surface area contributed by atoms with Crippen molar-refractivity contribution in [1.82, 2.24) is 0 Å². The second-order valence-corrected chi connectivity index (χ2v) is 4.57. The first-order chi connectivity index (χ1) is 9.88. The van der Waals surface area contributed by atoms with Gasteiger partial charge in [0, 0.05) is 19.2 Å². The Morgan fingerprint density at radius 1 is 1.29 bits per heavy atom. The van der Waals surface area contributed by atoms with Crippen molar-refractivity contribution in [3.8, 4) is 11.5 Å². The topological polar surface area (TPSA) is 75.8 Å². The molecule has 0 atom stereocenters. The SMILES string of the molecule is Cc1ccc(F)cc1Oc1ccc(N)c(N(C)C(=O)O)c1. The number of nitrogens with two attached hydrogens (primary N) is 1. The predicted octanol–water partition coefficient (Wildman–Crippen LogP) is 3.62. The Morgan fingerprint density at radius 3 is 2.67 bits per heavy atom. The Hall–Kier alpha value is -2.76. The maximum absolute atomic E-state index is 13.2. The lowest BCUT2D eigenvalue weighted by molar-refractivity contribution is 0.203. The van der Waals surface area contributed by atoms with E-state index in [1.807, 2.05) is 0 Å². The molecule has 21 heavy (non-hydrogen) atoms. The number of nitrogen functional groups attached to an aromatic ring is 1. The second kappa shape index (κ2) is 5.70. The van der Waals surface area contributed by atoms with Gasteiger partial charge < -0.3 is 15.6 Å². The van der Waals surface area contributed by atoms with Crippen molar-refractivity contribution in [3.05, 3.63) is 47.8 Å². The molecule has 2 aromatic rings. The van der Waals surface area contributed by atoms with Gasteiger partial charge in [-0.05, 0) is 30.7 Å². The highest BCUT2D eigenvalue weighted by molar-refractivity contribution is 5.90. The molecular formula is C15H15FN2O3. The van der Waals surface area contributed by atoms with Crippen LogP contribution in [0.15, 0.2) is 36.4 Å². The van der Waals surface area contributed by atoms with Crippen molar-refractivity contribution in [1.29, 1.82) is 0 Å². The molecule has 0 aliphatic heterocycles. The van der Waals surface area contributed by atoms with Crippen LogP contribution in [0.25, 0.3) is 0 Å². The van der Waals surface area contributed by atoms with E-state index in [1.165, 1.54) is 25.2 Å². The van der Waals surface area contributed by atoms with Crippen molar-refractivity contribution >= 4 is 17.5 Å².